The first-order valence-electron chi connectivity index (χ1n) is 8.31. The molecule has 0 radical (unpaired) electrons. The van der Waals surface area contributed by atoms with E-state index in [2.05, 4.69) is 44.6 Å². The number of rotatable bonds is 10. The predicted octanol–water partition coefficient (Wildman–Crippen LogP) is 3.10. The summed E-state index contributed by atoms with van der Waals surface area (Å²) >= 11 is 0. The normalized spacial score (nSPS) is 10.5. The third-order valence-electron chi connectivity index (χ3n) is 3.51. The van der Waals surface area contributed by atoms with Crippen molar-refractivity contribution in [2.45, 2.75) is 39.0 Å². The topological polar surface area (TPSA) is 88.8 Å². The lowest BCUT2D eigenvalue weighted by Crippen LogP contribution is -2.13. The summed E-state index contributed by atoms with van der Waals surface area (Å²) in [4.78, 5) is 12.6. The number of nitrogens with one attached hydrogen (secondary N) is 2. The van der Waals surface area contributed by atoms with E-state index in [0.29, 0.717) is 11.9 Å². The Balaban J connectivity index is 1.79. The molecule has 0 fully saturated rings. The second-order valence-corrected chi connectivity index (χ2v) is 5.49. The molecule has 23 heavy (non-hydrogen) atoms. The fraction of sp³-hybridized carbons (Fsp3) is 0.471. The molecule has 0 saturated carbocycles. The first kappa shape index (κ1) is 17.0. The van der Waals surface area contributed by atoms with E-state index in [0.717, 1.165) is 25.9 Å². The summed E-state index contributed by atoms with van der Waals surface area (Å²) in [5.74, 6) is 1.29. The van der Waals surface area contributed by atoms with Gasteiger partial charge in [0, 0.05) is 13.1 Å². The lowest BCUT2D eigenvalue weighted by molar-refractivity contribution is 0.683. The van der Waals surface area contributed by atoms with E-state index in [1.54, 1.807) is 0 Å². The molecule has 1 aromatic carbocycles. The molecular formula is C17H26N6. The molecule has 0 aliphatic rings. The lowest BCUT2D eigenvalue weighted by atomic mass is 10.1. The number of benzene rings is 1. The molecule has 2 aromatic rings. The van der Waals surface area contributed by atoms with Gasteiger partial charge >= 0.3 is 0 Å². The maximum absolute atomic E-state index is 5.75. The Bertz CT molecular complexity index is 573. The van der Waals surface area contributed by atoms with Crippen LogP contribution >= 0.6 is 0 Å². The smallest absolute Gasteiger partial charge is 0.229 e. The third kappa shape index (κ3) is 6.50. The number of nitrogens with two attached hydrogens (primary N) is 1. The average molecular weight is 314 g/mol. The zero-order valence-electron chi connectivity index (χ0n) is 13.8. The van der Waals surface area contributed by atoms with Crippen molar-refractivity contribution in [1.82, 2.24) is 15.0 Å². The number of anilines is 3. The zero-order valence-corrected chi connectivity index (χ0v) is 13.8. The van der Waals surface area contributed by atoms with Gasteiger partial charge in [-0.2, -0.15) is 15.0 Å². The Kier molecular flexibility index (Phi) is 7.10. The fourth-order valence-electron chi connectivity index (χ4n) is 2.27. The molecule has 2 rings (SSSR count). The molecule has 0 bridgehead atoms. The van der Waals surface area contributed by atoms with Crippen molar-refractivity contribution in [3.63, 3.8) is 0 Å². The number of hydrogen-bond donors (Lipinski definition) is 3. The zero-order chi connectivity index (χ0) is 16.3. The minimum absolute atomic E-state index is 0.235. The Morgan fingerprint density at radius 1 is 0.870 bits per heavy atom. The molecule has 124 valence electrons. The van der Waals surface area contributed by atoms with Crippen molar-refractivity contribution in [2.75, 3.05) is 29.5 Å². The van der Waals surface area contributed by atoms with Crippen LogP contribution in [0.25, 0.3) is 0 Å². The van der Waals surface area contributed by atoms with Crippen molar-refractivity contribution in [1.29, 1.82) is 0 Å². The highest BCUT2D eigenvalue weighted by molar-refractivity contribution is 5.39. The molecule has 0 atom stereocenters. The van der Waals surface area contributed by atoms with Gasteiger partial charge in [0.2, 0.25) is 17.8 Å². The van der Waals surface area contributed by atoms with Gasteiger partial charge in [0.1, 0.15) is 0 Å². The standard InChI is InChI=1S/C17H26N6/c1-2-3-4-8-12-19-16-21-15(18)22-17(23-16)20-13-11-14-9-6-5-7-10-14/h5-7,9-10H,2-4,8,11-13H2,1H3,(H4,18,19,20,21,22,23). The van der Waals surface area contributed by atoms with Crippen LogP contribution in [0.1, 0.15) is 38.2 Å². The van der Waals surface area contributed by atoms with Crippen molar-refractivity contribution in [2.24, 2.45) is 0 Å². The number of nitrogen functional groups attached to an aromatic ring is 1. The van der Waals surface area contributed by atoms with Gasteiger partial charge in [0.25, 0.3) is 0 Å². The summed E-state index contributed by atoms with van der Waals surface area (Å²) in [6.45, 7) is 3.81. The van der Waals surface area contributed by atoms with E-state index in [4.69, 9.17) is 5.73 Å². The summed E-state index contributed by atoms with van der Waals surface area (Å²) < 4.78 is 0. The largest absolute Gasteiger partial charge is 0.368 e. The molecule has 0 aliphatic carbocycles. The van der Waals surface area contributed by atoms with E-state index in [1.807, 2.05) is 18.2 Å². The fourth-order valence-corrected chi connectivity index (χ4v) is 2.27. The summed E-state index contributed by atoms with van der Waals surface area (Å²) in [6.07, 6.45) is 5.72. The predicted molar refractivity (Wildman–Crippen MR) is 95.5 cm³/mol. The molecular weight excluding hydrogens is 288 g/mol. The van der Waals surface area contributed by atoms with Crippen molar-refractivity contribution >= 4 is 17.8 Å². The molecule has 0 amide bonds. The lowest BCUT2D eigenvalue weighted by Gasteiger charge is -2.09. The molecule has 0 unspecified atom stereocenters. The van der Waals surface area contributed by atoms with Crippen LogP contribution in [-0.4, -0.2) is 28.0 Å². The highest BCUT2D eigenvalue weighted by Crippen LogP contribution is 2.08. The van der Waals surface area contributed by atoms with Crippen molar-refractivity contribution < 1.29 is 0 Å². The Hall–Kier alpha value is -2.37. The Morgan fingerprint density at radius 2 is 1.57 bits per heavy atom. The summed E-state index contributed by atoms with van der Waals surface area (Å²) in [5, 5.41) is 6.41. The minimum Gasteiger partial charge on any atom is -0.368 e. The van der Waals surface area contributed by atoms with E-state index >= 15 is 0 Å². The van der Waals surface area contributed by atoms with E-state index < -0.39 is 0 Å². The van der Waals surface area contributed by atoms with Gasteiger partial charge in [0.15, 0.2) is 0 Å². The molecule has 0 spiro atoms. The minimum atomic E-state index is 0.235. The number of hydrogen-bond acceptors (Lipinski definition) is 6. The second-order valence-electron chi connectivity index (χ2n) is 5.49. The van der Waals surface area contributed by atoms with Gasteiger partial charge in [0.05, 0.1) is 0 Å². The first-order valence-corrected chi connectivity index (χ1v) is 8.31. The average Bonchev–Trinajstić information content (AvgIpc) is 2.55. The highest BCUT2D eigenvalue weighted by atomic mass is 15.2. The highest BCUT2D eigenvalue weighted by Gasteiger charge is 2.03. The summed E-state index contributed by atoms with van der Waals surface area (Å²) in [5.41, 5.74) is 7.03. The Morgan fingerprint density at radius 3 is 2.26 bits per heavy atom. The van der Waals surface area contributed by atoms with Gasteiger partial charge in [-0.15, -0.1) is 0 Å². The van der Waals surface area contributed by atoms with Gasteiger partial charge in [-0.1, -0.05) is 56.5 Å². The molecule has 0 aliphatic heterocycles. The van der Waals surface area contributed by atoms with Crippen LogP contribution in [0, 0.1) is 0 Å². The van der Waals surface area contributed by atoms with Gasteiger partial charge in [-0.05, 0) is 18.4 Å². The molecule has 1 aromatic heterocycles. The van der Waals surface area contributed by atoms with E-state index in [-0.39, 0.29) is 5.95 Å². The van der Waals surface area contributed by atoms with Crippen LogP contribution in [0.3, 0.4) is 0 Å². The van der Waals surface area contributed by atoms with Crippen LogP contribution in [0.2, 0.25) is 0 Å². The second kappa shape index (κ2) is 9.61. The molecule has 0 saturated heterocycles. The number of aromatic nitrogens is 3. The van der Waals surface area contributed by atoms with Crippen LogP contribution in [0.5, 0.6) is 0 Å². The van der Waals surface area contributed by atoms with Gasteiger partial charge < -0.3 is 16.4 Å². The van der Waals surface area contributed by atoms with Gasteiger partial charge in [-0.3, -0.25) is 0 Å². The monoisotopic (exact) mass is 314 g/mol. The summed E-state index contributed by atoms with van der Waals surface area (Å²) in [7, 11) is 0. The Labute approximate surface area is 138 Å². The molecule has 1 heterocycles. The maximum atomic E-state index is 5.75. The quantitative estimate of drug-likeness (QED) is 0.584. The SMILES string of the molecule is CCCCCCNc1nc(N)nc(NCCc2ccccc2)n1. The van der Waals surface area contributed by atoms with Crippen LogP contribution in [0.4, 0.5) is 17.8 Å². The molecule has 6 nitrogen and oxygen atoms in total. The number of nitrogens with zero attached hydrogens (tertiary/aromatic N) is 3. The van der Waals surface area contributed by atoms with Crippen LogP contribution in [-0.2, 0) is 6.42 Å². The van der Waals surface area contributed by atoms with Gasteiger partial charge in [-0.25, -0.2) is 0 Å². The van der Waals surface area contributed by atoms with Crippen LogP contribution < -0.4 is 16.4 Å². The number of unbranched alkanes of at least 4 members (excludes halogenated alkanes) is 3. The first-order chi connectivity index (χ1) is 11.3. The van der Waals surface area contributed by atoms with Crippen LogP contribution in [0.15, 0.2) is 30.3 Å². The van der Waals surface area contributed by atoms with Crippen molar-refractivity contribution in [3.8, 4) is 0 Å². The third-order valence-corrected chi connectivity index (χ3v) is 3.51. The van der Waals surface area contributed by atoms with Crippen molar-refractivity contribution in [3.05, 3.63) is 35.9 Å². The maximum Gasteiger partial charge on any atom is 0.229 e. The van der Waals surface area contributed by atoms with E-state index in [9.17, 15) is 0 Å². The molecule has 6 heteroatoms. The van der Waals surface area contributed by atoms with E-state index in [1.165, 1.54) is 24.8 Å². The summed E-state index contributed by atoms with van der Waals surface area (Å²) in [6, 6.07) is 10.3. The molecule has 4 N–H and O–H groups in total.